The largest absolute Gasteiger partial charge is 0.326 e. The number of amides is 2. The molecule has 172 valence electrons. The van der Waals surface area contributed by atoms with E-state index in [1.165, 1.54) is 0 Å². The van der Waals surface area contributed by atoms with Gasteiger partial charge in [-0.15, -0.1) is 11.3 Å². The van der Waals surface area contributed by atoms with E-state index in [1.807, 2.05) is 73.7 Å². The van der Waals surface area contributed by atoms with Crippen LogP contribution in [0.5, 0.6) is 0 Å². The van der Waals surface area contributed by atoms with E-state index in [2.05, 4.69) is 10.3 Å². The second kappa shape index (κ2) is 9.37. The van der Waals surface area contributed by atoms with Crippen molar-refractivity contribution in [1.82, 2.24) is 9.88 Å². The van der Waals surface area contributed by atoms with E-state index in [0.29, 0.717) is 37.2 Å². The number of aromatic nitrogens is 1. The molecule has 2 heterocycles. The average molecular weight is 471 g/mol. The number of hydrogen-bond acceptors (Lipinski definition) is 5. The minimum Gasteiger partial charge on any atom is -0.326 e. The van der Waals surface area contributed by atoms with Crippen LogP contribution in [0.1, 0.15) is 32.1 Å². The molecule has 1 aliphatic heterocycles. The summed E-state index contributed by atoms with van der Waals surface area (Å²) in [7, 11) is 0. The lowest BCUT2D eigenvalue weighted by Crippen LogP contribution is -2.51. The summed E-state index contributed by atoms with van der Waals surface area (Å²) >= 11 is 1.62. The van der Waals surface area contributed by atoms with Gasteiger partial charge in [-0.2, -0.15) is 0 Å². The summed E-state index contributed by atoms with van der Waals surface area (Å²) < 4.78 is 1.08. The molecule has 2 amide bonds. The van der Waals surface area contributed by atoms with Gasteiger partial charge in [0.05, 0.1) is 15.2 Å². The number of nitrogens with two attached hydrogens (primary N) is 1. The van der Waals surface area contributed by atoms with Crippen molar-refractivity contribution >= 4 is 39.1 Å². The van der Waals surface area contributed by atoms with Gasteiger partial charge in [0.25, 0.3) is 5.91 Å². The second-order valence-corrected chi connectivity index (χ2v) is 9.79. The predicted molar refractivity (Wildman–Crippen MR) is 136 cm³/mol. The SMILES string of the molecule is Cc1nc2cc(NC(=O)C(Cc3ccccc3)N3CCc4cc(CN)ccc4C3=O)ccc2s1. The van der Waals surface area contributed by atoms with Crippen molar-refractivity contribution in [1.29, 1.82) is 0 Å². The molecule has 1 aromatic heterocycles. The lowest BCUT2D eigenvalue weighted by molar-refractivity contribution is -0.120. The number of carbonyl (C=O) groups excluding carboxylic acids is 2. The number of aryl methyl sites for hydroxylation is 1. The van der Waals surface area contributed by atoms with Crippen LogP contribution in [0.25, 0.3) is 10.2 Å². The standard InChI is InChI=1S/C27H26N4O2S/c1-17-29-23-15-21(8-10-25(23)34-17)30-26(32)24(14-18-5-3-2-4-6-18)31-12-11-20-13-19(16-28)7-9-22(20)27(31)33/h2-10,13,15,24H,11-12,14,16,28H2,1H3,(H,30,32). The fourth-order valence-corrected chi connectivity index (χ4v) is 5.32. The maximum absolute atomic E-state index is 13.6. The fourth-order valence-electron chi connectivity index (χ4n) is 4.51. The topological polar surface area (TPSA) is 88.3 Å². The molecule has 0 radical (unpaired) electrons. The van der Waals surface area contributed by atoms with Gasteiger partial charge in [-0.1, -0.05) is 42.5 Å². The molecule has 0 aliphatic carbocycles. The van der Waals surface area contributed by atoms with Crippen molar-refractivity contribution in [3.05, 3.63) is 94.0 Å². The number of carbonyl (C=O) groups is 2. The molecular weight excluding hydrogens is 444 g/mol. The maximum atomic E-state index is 13.6. The van der Waals surface area contributed by atoms with E-state index in [1.54, 1.807) is 16.2 Å². The van der Waals surface area contributed by atoms with E-state index >= 15 is 0 Å². The molecule has 0 bridgehead atoms. The summed E-state index contributed by atoms with van der Waals surface area (Å²) in [5.41, 5.74) is 11.0. The first-order valence-electron chi connectivity index (χ1n) is 11.4. The summed E-state index contributed by atoms with van der Waals surface area (Å²) in [4.78, 5) is 33.3. The van der Waals surface area contributed by atoms with Crippen LogP contribution in [0.2, 0.25) is 0 Å². The molecule has 0 fully saturated rings. The number of thiazole rings is 1. The van der Waals surface area contributed by atoms with Crippen molar-refractivity contribution in [2.75, 3.05) is 11.9 Å². The van der Waals surface area contributed by atoms with Crippen LogP contribution in [-0.4, -0.2) is 34.3 Å². The molecule has 7 heteroatoms. The van der Waals surface area contributed by atoms with E-state index in [4.69, 9.17) is 5.73 Å². The molecular formula is C27H26N4O2S. The summed E-state index contributed by atoms with van der Waals surface area (Å²) in [5, 5.41) is 4.02. The summed E-state index contributed by atoms with van der Waals surface area (Å²) in [6.45, 7) is 2.89. The molecule has 3 aromatic carbocycles. The highest BCUT2D eigenvalue weighted by Gasteiger charge is 2.34. The number of nitrogens with one attached hydrogen (secondary N) is 1. The van der Waals surface area contributed by atoms with Crippen LogP contribution in [-0.2, 0) is 24.2 Å². The molecule has 0 saturated carbocycles. The Labute approximate surface area is 202 Å². The normalized spacial score (nSPS) is 14.2. The first-order chi connectivity index (χ1) is 16.5. The van der Waals surface area contributed by atoms with Gasteiger partial charge in [-0.3, -0.25) is 9.59 Å². The third-order valence-corrected chi connectivity index (χ3v) is 7.18. The Hall–Kier alpha value is -3.55. The highest BCUT2D eigenvalue weighted by molar-refractivity contribution is 7.18. The lowest BCUT2D eigenvalue weighted by Gasteiger charge is -2.35. The van der Waals surface area contributed by atoms with Gasteiger partial charge >= 0.3 is 0 Å². The van der Waals surface area contributed by atoms with Gasteiger partial charge in [0.1, 0.15) is 6.04 Å². The van der Waals surface area contributed by atoms with Gasteiger partial charge in [-0.05, 0) is 54.3 Å². The van der Waals surface area contributed by atoms with E-state index in [9.17, 15) is 9.59 Å². The number of anilines is 1. The Kier molecular flexibility index (Phi) is 6.13. The van der Waals surface area contributed by atoms with Gasteiger partial charge in [0, 0.05) is 30.8 Å². The highest BCUT2D eigenvalue weighted by atomic mass is 32.1. The molecule has 1 unspecified atom stereocenters. The van der Waals surface area contributed by atoms with Crippen molar-refractivity contribution in [3.63, 3.8) is 0 Å². The van der Waals surface area contributed by atoms with Gasteiger partial charge in [0.15, 0.2) is 0 Å². The number of benzene rings is 3. The van der Waals surface area contributed by atoms with Crippen LogP contribution in [0.4, 0.5) is 5.69 Å². The first-order valence-corrected chi connectivity index (χ1v) is 12.2. The molecule has 6 nitrogen and oxygen atoms in total. The monoisotopic (exact) mass is 470 g/mol. The number of rotatable bonds is 6. The fraction of sp³-hybridized carbons (Fsp3) is 0.222. The molecule has 0 spiro atoms. The zero-order valence-electron chi connectivity index (χ0n) is 19.0. The molecule has 34 heavy (non-hydrogen) atoms. The molecule has 5 rings (SSSR count). The van der Waals surface area contributed by atoms with Gasteiger partial charge in [0.2, 0.25) is 5.91 Å². The van der Waals surface area contributed by atoms with Crippen LogP contribution >= 0.6 is 11.3 Å². The smallest absolute Gasteiger partial charge is 0.254 e. The third-order valence-electron chi connectivity index (χ3n) is 6.23. The van der Waals surface area contributed by atoms with Crippen molar-refractivity contribution in [2.24, 2.45) is 5.73 Å². The predicted octanol–water partition coefficient (Wildman–Crippen LogP) is 4.31. The van der Waals surface area contributed by atoms with Crippen LogP contribution in [0, 0.1) is 6.92 Å². The molecule has 1 atom stereocenters. The lowest BCUT2D eigenvalue weighted by atomic mass is 9.94. The number of fused-ring (bicyclic) bond motifs is 2. The Morgan fingerprint density at radius 1 is 1.12 bits per heavy atom. The third kappa shape index (κ3) is 4.44. The summed E-state index contributed by atoms with van der Waals surface area (Å²) in [6, 6.07) is 20.7. The van der Waals surface area contributed by atoms with Gasteiger partial charge in [-0.25, -0.2) is 4.98 Å². The Bertz CT molecular complexity index is 1370. The van der Waals surface area contributed by atoms with Crippen LogP contribution in [0.15, 0.2) is 66.7 Å². The first kappa shape index (κ1) is 22.3. The molecule has 0 saturated heterocycles. The Morgan fingerprint density at radius 3 is 2.74 bits per heavy atom. The maximum Gasteiger partial charge on any atom is 0.254 e. The van der Waals surface area contributed by atoms with E-state index in [-0.39, 0.29) is 11.8 Å². The van der Waals surface area contributed by atoms with E-state index < -0.39 is 6.04 Å². The Balaban J connectivity index is 1.44. The Morgan fingerprint density at radius 2 is 1.94 bits per heavy atom. The average Bonchev–Trinajstić information content (AvgIpc) is 3.22. The molecule has 1 aliphatic rings. The molecule has 4 aromatic rings. The second-order valence-electron chi connectivity index (χ2n) is 8.55. The zero-order valence-corrected chi connectivity index (χ0v) is 19.8. The van der Waals surface area contributed by atoms with Crippen molar-refractivity contribution in [2.45, 2.75) is 32.4 Å². The zero-order chi connectivity index (χ0) is 23.7. The van der Waals surface area contributed by atoms with Crippen molar-refractivity contribution < 1.29 is 9.59 Å². The highest BCUT2D eigenvalue weighted by Crippen LogP contribution is 2.27. The van der Waals surface area contributed by atoms with Crippen LogP contribution in [0.3, 0.4) is 0 Å². The summed E-state index contributed by atoms with van der Waals surface area (Å²) in [6.07, 6.45) is 1.13. The quantitative estimate of drug-likeness (QED) is 0.440. The minimum atomic E-state index is -0.634. The summed E-state index contributed by atoms with van der Waals surface area (Å²) in [5.74, 6) is -0.322. The van der Waals surface area contributed by atoms with E-state index in [0.717, 1.165) is 31.9 Å². The number of hydrogen-bond donors (Lipinski definition) is 2. The van der Waals surface area contributed by atoms with Gasteiger partial charge < -0.3 is 16.0 Å². The van der Waals surface area contributed by atoms with Crippen molar-refractivity contribution in [3.8, 4) is 0 Å². The number of nitrogens with zero attached hydrogens (tertiary/aromatic N) is 2. The molecule has 3 N–H and O–H groups in total. The van der Waals surface area contributed by atoms with Crippen LogP contribution < -0.4 is 11.1 Å². The minimum absolute atomic E-state index is 0.119.